The van der Waals surface area contributed by atoms with Gasteiger partial charge >= 0.3 is 25.7 Å². The van der Waals surface area contributed by atoms with Crippen LogP contribution in [0.25, 0.3) is 0 Å². The molecular weight excluding hydrogens is 832 g/mol. The number of aliphatic hydroxyl groups is 1. The minimum atomic E-state index is -4.74. The molecule has 2 N–H and O–H groups in total. The highest BCUT2D eigenvalue weighted by atomic mass is 31.2. The number of esters is 3. The van der Waals surface area contributed by atoms with E-state index < -0.39 is 57.8 Å². The fourth-order valence-electron chi connectivity index (χ4n) is 6.62. The van der Waals surface area contributed by atoms with Gasteiger partial charge in [-0.25, -0.2) is 4.57 Å². The smallest absolute Gasteiger partial charge is 0.462 e. The van der Waals surface area contributed by atoms with Gasteiger partial charge in [-0.05, 0) is 64.2 Å². The number of carbonyl (C=O) groups excluding carboxylic acids is 3. The lowest BCUT2D eigenvalue weighted by Gasteiger charge is -2.21. The van der Waals surface area contributed by atoms with Crippen LogP contribution in [0.5, 0.6) is 0 Å². The number of unbranched alkanes of at least 4 members (excludes halogenated alkanes) is 19. The summed E-state index contributed by atoms with van der Waals surface area (Å²) in [6.45, 7) is 4.42. The molecule has 0 spiro atoms. The molecule has 0 amide bonds. The van der Waals surface area contributed by atoms with E-state index in [-0.39, 0.29) is 25.9 Å². The van der Waals surface area contributed by atoms with E-state index in [9.17, 15) is 28.9 Å². The van der Waals surface area contributed by atoms with Crippen molar-refractivity contribution in [3.8, 4) is 0 Å². The van der Waals surface area contributed by atoms with Gasteiger partial charge in [-0.15, -0.1) is 0 Å². The second kappa shape index (κ2) is 46.7. The first-order valence-corrected chi connectivity index (χ1v) is 26.7. The number of phosphoric acid groups is 1. The number of hydrogen-bond acceptors (Lipinski definition) is 10. The third kappa shape index (κ3) is 44.4. The molecule has 0 aliphatic rings. The number of carbonyl (C=O) groups is 3. The lowest BCUT2D eigenvalue weighted by molar-refractivity contribution is -0.161. The Morgan fingerprint density at radius 1 is 0.453 bits per heavy atom. The van der Waals surface area contributed by atoms with E-state index in [0.29, 0.717) is 19.3 Å². The highest BCUT2D eigenvalue weighted by Crippen LogP contribution is 2.43. The van der Waals surface area contributed by atoms with Gasteiger partial charge in [0.2, 0.25) is 0 Å². The summed E-state index contributed by atoms with van der Waals surface area (Å²) in [5, 5.41) is 9.72. The molecule has 0 aliphatic heterocycles. The molecule has 0 bridgehead atoms. The molecular formula is C52H91O11P. The van der Waals surface area contributed by atoms with E-state index in [1.165, 1.54) is 64.2 Å². The van der Waals surface area contributed by atoms with Crippen molar-refractivity contribution >= 4 is 25.7 Å². The zero-order chi connectivity index (χ0) is 47.0. The molecule has 0 fully saturated rings. The maximum Gasteiger partial charge on any atom is 0.472 e. The summed E-state index contributed by atoms with van der Waals surface area (Å²) in [6, 6.07) is 0. The van der Waals surface area contributed by atoms with Crippen molar-refractivity contribution in [2.45, 2.75) is 226 Å². The Balaban J connectivity index is 4.77. The van der Waals surface area contributed by atoms with Gasteiger partial charge in [-0.3, -0.25) is 23.4 Å². The van der Waals surface area contributed by atoms with Crippen molar-refractivity contribution in [3.05, 3.63) is 60.8 Å². The highest BCUT2D eigenvalue weighted by Gasteiger charge is 2.28. The monoisotopic (exact) mass is 923 g/mol. The number of rotatable bonds is 46. The predicted octanol–water partition coefficient (Wildman–Crippen LogP) is 14.0. The minimum absolute atomic E-state index is 0.129. The van der Waals surface area contributed by atoms with Crippen LogP contribution in [-0.2, 0) is 42.2 Å². The second-order valence-corrected chi connectivity index (χ2v) is 18.1. The van der Waals surface area contributed by atoms with Crippen LogP contribution in [0.2, 0.25) is 0 Å². The summed E-state index contributed by atoms with van der Waals surface area (Å²) in [4.78, 5) is 48.1. The number of hydrogen-bond donors (Lipinski definition) is 2. The third-order valence-corrected chi connectivity index (χ3v) is 11.4. The Kier molecular flexibility index (Phi) is 44.6. The van der Waals surface area contributed by atoms with Crippen molar-refractivity contribution in [2.75, 3.05) is 26.4 Å². The predicted molar refractivity (Wildman–Crippen MR) is 261 cm³/mol. The maximum atomic E-state index is 12.8. The molecule has 64 heavy (non-hydrogen) atoms. The zero-order valence-corrected chi connectivity index (χ0v) is 41.4. The first kappa shape index (κ1) is 61.2. The van der Waals surface area contributed by atoms with E-state index in [4.69, 9.17) is 23.3 Å². The quantitative estimate of drug-likeness (QED) is 0.0197. The topological polar surface area (TPSA) is 155 Å². The van der Waals surface area contributed by atoms with Gasteiger partial charge in [0.25, 0.3) is 0 Å². The van der Waals surface area contributed by atoms with Crippen molar-refractivity contribution in [1.29, 1.82) is 0 Å². The molecule has 0 saturated carbocycles. The summed E-state index contributed by atoms with van der Waals surface area (Å²) in [5.74, 6) is -1.51. The van der Waals surface area contributed by atoms with Crippen LogP contribution >= 0.6 is 7.82 Å². The molecule has 0 aliphatic carbocycles. The summed E-state index contributed by atoms with van der Waals surface area (Å²) < 4.78 is 39.2. The molecule has 12 heteroatoms. The summed E-state index contributed by atoms with van der Waals surface area (Å²) in [7, 11) is -4.74. The minimum Gasteiger partial charge on any atom is -0.462 e. The van der Waals surface area contributed by atoms with Gasteiger partial charge in [0.1, 0.15) is 12.7 Å². The molecule has 3 unspecified atom stereocenters. The fraction of sp³-hybridized carbons (Fsp3) is 0.750. The first-order chi connectivity index (χ1) is 31.2. The van der Waals surface area contributed by atoms with Crippen molar-refractivity contribution in [1.82, 2.24) is 0 Å². The third-order valence-electron chi connectivity index (χ3n) is 10.5. The Labute approximate surface area is 389 Å². The van der Waals surface area contributed by atoms with Gasteiger partial charge in [0, 0.05) is 19.3 Å². The van der Waals surface area contributed by atoms with Crippen LogP contribution < -0.4 is 0 Å². The summed E-state index contributed by atoms with van der Waals surface area (Å²) in [5.41, 5.74) is 0. The molecule has 0 radical (unpaired) electrons. The normalized spacial score (nSPS) is 14.0. The number of ether oxygens (including phenoxy) is 3. The van der Waals surface area contributed by atoms with Crippen molar-refractivity contribution < 1.29 is 52.2 Å². The van der Waals surface area contributed by atoms with Crippen molar-refractivity contribution in [3.63, 3.8) is 0 Å². The zero-order valence-electron chi connectivity index (χ0n) is 40.5. The number of allylic oxidation sites excluding steroid dienone is 10. The van der Waals surface area contributed by atoms with Gasteiger partial charge < -0.3 is 24.2 Å². The lowest BCUT2D eigenvalue weighted by Crippen LogP contribution is -2.30. The lowest BCUT2D eigenvalue weighted by atomic mass is 10.1. The van der Waals surface area contributed by atoms with E-state index in [2.05, 4.69) is 81.5 Å². The standard InChI is InChI=1S/C52H91O11P/c1-4-7-10-13-16-19-20-21-22-23-24-25-26-27-28-31-34-37-40-43-52(56)63-49(45-59-50(54)41-38-35-32-29-17-14-11-8-5-2)47-61-64(57,58)60-46-48(44-53)62-51(55)42-39-36-33-30-18-15-12-9-6-3/h7,10,16,19,21-22,24-25,27-28,48-49,53H,4-6,8-9,11-15,17-18,20,23,26,29-47H2,1-3H3,(H,57,58)/b10-7-,19-16-,22-21-,25-24-,28-27-. The molecule has 370 valence electrons. The summed E-state index contributed by atoms with van der Waals surface area (Å²) in [6.07, 6.45) is 47.8. The average molecular weight is 923 g/mol. The fourth-order valence-corrected chi connectivity index (χ4v) is 7.40. The highest BCUT2D eigenvalue weighted by molar-refractivity contribution is 7.47. The molecule has 0 aromatic heterocycles. The Bertz CT molecular complexity index is 1310. The molecule has 0 aromatic rings. The molecule has 0 heterocycles. The molecule has 0 aromatic carbocycles. The molecule has 0 rings (SSSR count). The van der Waals surface area contributed by atoms with E-state index in [1.807, 2.05) is 0 Å². The van der Waals surface area contributed by atoms with E-state index in [1.54, 1.807) is 0 Å². The van der Waals surface area contributed by atoms with Gasteiger partial charge in [0.05, 0.1) is 19.8 Å². The van der Waals surface area contributed by atoms with Gasteiger partial charge in [0.15, 0.2) is 6.10 Å². The maximum absolute atomic E-state index is 12.8. The SMILES string of the molecule is CC/C=C\C/C=C\C/C=C\C/C=C\C/C=C\CCCCCC(=O)OC(COC(=O)CCCCCCCCCCC)COP(=O)(O)OCC(CO)OC(=O)CCCCCCCCCCC. The largest absolute Gasteiger partial charge is 0.472 e. The van der Waals surface area contributed by atoms with Gasteiger partial charge in [-0.1, -0.05) is 191 Å². The van der Waals surface area contributed by atoms with Crippen LogP contribution in [0.15, 0.2) is 60.8 Å². The van der Waals surface area contributed by atoms with E-state index >= 15 is 0 Å². The van der Waals surface area contributed by atoms with E-state index in [0.717, 1.165) is 89.9 Å². The van der Waals surface area contributed by atoms with Crippen LogP contribution in [0, 0.1) is 0 Å². The molecule has 11 nitrogen and oxygen atoms in total. The number of aliphatic hydroxyl groups excluding tert-OH is 1. The molecule has 0 saturated heterocycles. The average Bonchev–Trinajstić information content (AvgIpc) is 3.28. The number of phosphoric ester groups is 1. The van der Waals surface area contributed by atoms with Crippen LogP contribution in [0.1, 0.15) is 213 Å². The summed E-state index contributed by atoms with van der Waals surface area (Å²) >= 11 is 0. The van der Waals surface area contributed by atoms with Crippen LogP contribution in [0.4, 0.5) is 0 Å². The second-order valence-electron chi connectivity index (χ2n) is 16.6. The first-order valence-electron chi connectivity index (χ1n) is 25.2. The Morgan fingerprint density at radius 2 is 0.812 bits per heavy atom. The molecule has 3 atom stereocenters. The Morgan fingerprint density at radius 3 is 1.25 bits per heavy atom. The van der Waals surface area contributed by atoms with Crippen LogP contribution in [-0.4, -0.2) is 66.5 Å². The van der Waals surface area contributed by atoms with Gasteiger partial charge in [-0.2, -0.15) is 0 Å². The van der Waals surface area contributed by atoms with Crippen LogP contribution in [0.3, 0.4) is 0 Å². The van der Waals surface area contributed by atoms with Crippen molar-refractivity contribution in [2.24, 2.45) is 0 Å². The Hall–Kier alpha value is -2.82.